The molecule has 0 amide bonds. The molecule has 1 rings (SSSR count). The van der Waals surface area contributed by atoms with Crippen LogP contribution >= 0.6 is 11.6 Å². The number of alkyl halides is 1. The average Bonchev–Trinajstić information content (AvgIpc) is 2.13. The van der Waals surface area contributed by atoms with E-state index in [2.05, 4.69) is 0 Å². The summed E-state index contributed by atoms with van der Waals surface area (Å²) in [4.78, 5) is 11.3. The lowest BCUT2D eigenvalue weighted by Gasteiger charge is -2.30. The second-order valence-electron chi connectivity index (χ2n) is 3.66. The molecule has 1 atom stereocenters. The highest BCUT2D eigenvalue weighted by atomic mass is 35.5. The lowest BCUT2D eigenvalue weighted by atomic mass is 10.3. The van der Waals surface area contributed by atoms with Crippen molar-refractivity contribution in [3.8, 4) is 0 Å². The first-order chi connectivity index (χ1) is 7.16. The highest BCUT2D eigenvalue weighted by molar-refractivity contribution is 6.18. The van der Waals surface area contributed by atoms with Crippen molar-refractivity contribution in [3.63, 3.8) is 0 Å². The Labute approximate surface area is 94.8 Å². The van der Waals surface area contributed by atoms with Gasteiger partial charge in [-0.3, -0.25) is 4.79 Å². The van der Waals surface area contributed by atoms with Gasteiger partial charge < -0.3 is 14.2 Å². The Balaban J connectivity index is 2.42. The Kier molecular flexibility index (Phi) is 5.36. The zero-order valence-electron chi connectivity index (χ0n) is 8.96. The summed E-state index contributed by atoms with van der Waals surface area (Å²) in [7, 11) is 0. The first-order valence-corrected chi connectivity index (χ1v) is 5.69. The van der Waals surface area contributed by atoms with Crippen molar-refractivity contribution >= 4 is 17.6 Å². The molecule has 0 spiro atoms. The van der Waals surface area contributed by atoms with Gasteiger partial charge in [-0.15, -0.1) is 11.6 Å². The summed E-state index contributed by atoms with van der Waals surface area (Å²) in [6.45, 7) is 3.27. The van der Waals surface area contributed by atoms with Crippen LogP contribution in [0.25, 0.3) is 0 Å². The largest absolute Gasteiger partial charge is 0.431 e. The summed E-state index contributed by atoms with van der Waals surface area (Å²) in [6.07, 6.45) is 2.09. The van der Waals surface area contributed by atoms with Gasteiger partial charge in [-0.1, -0.05) is 0 Å². The number of halogens is 1. The number of ether oxygens (including phenoxy) is 3. The molecule has 0 aromatic rings. The van der Waals surface area contributed by atoms with Crippen molar-refractivity contribution in [2.45, 2.75) is 32.0 Å². The van der Waals surface area contributed by atoms with E-state index in [-0.39, 0.29) is 24.9 Å². The first kappa shape index (κ1) is 12.7. The summed E-state index contributed by atoms with van der Waals surface area (Å²) in [6, 6.07) is 0. The molecule has 1 aliphatic heterocycles. The predicted octanol–water partition coefficient (Wildman–Crippen LogP) is 1.70. The van der Waals surface area contributed by atoms with Crippen LogP contribution in [-0.2, 0) is 19.0 Å². The Morgan fingerprint density at radius 3 is 2.93 bits per heavy atom. The molecular weight excluding hydrogens is 220 g/mol. The van der Waals surface area contributed by atoms with Crippen LogP contribution in [0.3, 0.4) is 0 Å². The Hall–Kier alpha value is -0.320. The molecule has 0 N–H and O–H groups in total. The van der Waals surface area contributed by atoms with E-state index in [4.69, 9.17) is 25.8 Å². The summed E-state index contributed by atoms with van der Waals surface area (Å²) < 4.78 is 16.0. The molecule has 4 nitrogen and oxygen atoms in total. The van der Waals surface area contributed by atoms with Gasteiger partial charge in [-0.25, -0.2) is 0 Å². The molecular formula is C10H17ClO4. The van der Waals surface area contributed by atoms with E-state index in [1.54, 1.807) is 6.92 Å². The van der Waals surface area contributed by atoms with Crippen molar-refractivity contribution in [1.82, 2.24) is 0 Å². The van der Waals surface area contributed by atoms with Gasteiger partial charge in [-0.05, 0) is 12.8 Å². The van der Waals surface area contributed by atoms with E-state index < -0.39 is 5.79 Å². The number of rotatable bonds is 3. The summed E-state index contributed by atoms with van der Waals surface area (Å²) in [5.41, 5.74) is 0. The second kappa shape index (κ2) is 6.30. The highest BCUT2D eigenvalue weighted by Crippen LogP contribution is 2.17. The maximum absolute atomic E-state index is 11.3. The van der Waals surface area contributed by atoms with Crippen molar-refractivity contribution in [2.75, 3.05) is 25.7 Å². The third kappa shape index (κ3) is 4.82. The minimum absolute atomic E-state index is 0.195. The minimum atomic E-state index is -0.955. The van der Waals surface area contributed by atoms with E-state index in [9.17, 15) is 4.79 Å². The maximum atomic E-state index is 11.3. The van der Waals surface area contributed by atoms with Crippen LogP contribution in [0.1, 0.15) is 26.2 Å². The lowest BCUT2D eigenvalue weighted by molar-refractivity contribution is -0.248. The highest BCUT2D eigenvalue weighted by Gasteiger charge is 2.30. The number of carbonyl (C=O) groups is 1. The molecule has 1 fully saturated rings. The first-order valence-electron chi connectivity index (χ1n) is 5.16. The Morgan fingerprint density at radius 2 is 2.20 bits per heavy atom. The maximum Gasteiger partial charge on any atom is 0.309 e. The van der Waals surface area contributed by atoms with Gasteiger partial charge in [0.05, 0.1) is 13.0 Å². The summed E-state index contributed by atoms with van der Waals surface area (Å²) in [5.74, 6) is -1.05. The molecule has 0 aromatic carbocycles. The smallest absolute Gasteiger partial charge is 0.309 e. The third-order valence-electron chi connectivity index (χ3n) is 2.08. The molecule has 0 bridgehead atoms. The lowest BCUT2D eigenvalue weighted by Crippen LogP contribution is -2.41. The standard InChI is InChI=1S/C10H17ClO4/c1-10(15-9(12)4-5-11)8-13-6-2-3-7-14-10/h2-8H2,1H3. The summed E-state index contributed by atoms with van der Waals surface area (Å²) >= 11 is 5.44. The zero-order valence-corrected chi connectivity index (χ0v) is 9.72. The van der Waals surface area contributed by atoms with Gasteiger partial charge in [0.25, 0.3) is 0 Å². The Bertz CT molecular complexity index is 200. The van der Waals surface area contributed by atoms with Crippen molar-refractivity contribution in [3.05, 3.63) is 0 Å². The molecule has 15 heavy (non-hydrogen) atoms. The van der Waals surface area contributed by atoms with Crippen molar-refractivity contribution in [2.24, 2.45) is 0 Å². The van der Waals surface area contributed by atoms with Crippen LogP contribution in [0, 0.1) is 0 Å². The molecule has 0 aliphatic carbocycles. The third-order valence-corrected chi connectivity index (χ3v) is 2.27. The quantitative estimate of drug-likeness (QED) is 0.553. The molecule has 5 heteroatoms. The van der Waals surface area contributed by atoms with E-state index in [0.29, 0.717) is 13.2 Å². The van der Waals surface area contributed by atoms with Gasteiger partial charge in [0.15, 0.2) is 0 Å². The predicted molar refractivity (Wildman–Crippen MR) is 55.8 cm³/mol. The van der Waals surface area contributed by atoms with Crippen LogP contribution in [-0.4, -0.2) is 37.5 Å². The van der Waals surface area contributed by atoms with Gasteiger partial charge in [0.1, 0.15) is 6.61 Å². The van der Waals surface area contributed by atoms with Gasteiger partial charge in [0, 0.05) is 19.4 Å². The normalized spacial score (nSPS) is 27.9. The monoisotopic (exact) mass is 236 g/mol. The molecule has 1 heterocycles. The molecule has 0 radical (unpaired) electrons. The van der Waals surface area contributed by atoms with Gasteiger partial charge in [0.2, 0.25) is 5.79 Å². The second-order valence-corrected chi connectivity index (χ2v) is 4.03. The number of esters is 1. The van der Waals surface area contributed by atoms with Crippen LogP contribution in [0.4, 0.5) is 0 Å². The van der Waals surface area contributed by atoms with E-state index in [1.807, 2.05) is 0 Å². The number of hydrogen-bond acceptors (Lipinski definition) is 4. The fraction of sp³-hybridized carbons (Fsp3) is 0.900. The summed E-state index contributed by atoms with van der Waals surface area (Å²) in [5, 5.41) is 0. The fourth-order valence-corrected chi connectivity index (χ4v) is 1.48. The fourth-order valence-electron chi connectivity index (χ4n) is 1.32. The van der Waals surface area contributed by atoms with E-state index >= 15 is 0 Å². The van der Waals surface area contributed by atoms with E-state index in [1.165, 1.54) is 0 Å². The minimum Gasteiger partial charge on any atom is -0.431 e. The van der Waals surface area contributed by atoms with Crippen LogP contribution in [0.2, 0.25) is 0 Å². The molecule has 1 saturated heterocycles. The van der Waals surface area contributed by atoms with Gasteiger partial charge >= 0.3 is 5.97 Å². The van der Waals surface area contributed by atoms with Crippen LogP contribution in [0.5, 0.6) is 0 Å². The van der Waals surface area contributed by atoms with Crippen molar-refractivity contribution < 1.29 is 19.0 Å². The molecule has 0 aromatic heterocycles. The van der Waals surface area contributed by atoms with Crippen LogP contribution < -0.4 is 0 Å². The Morgan fingerprint density at radius 1 is 1.47 bits per heavy atom. The number of hydrogen-bond donors (Lipinski definition) is 0. The average molecular weight is 237 g/mol. The SMILES string of the molecule is CC1(OC(=O)CCCl)COCCCCO1. The van der Waals surface area contributed by atoms with Crippen molar-refractivity contribution in [1.29, 1.82) is 0 Å². The molecule has 88 valence electrons. The number of carbonyl (C=O) groups excluding carboxylic acids is 1. The van der Waals surface area contributed by atoms with Crippen LogP contribution in [0.15, 0.2) is 0 Å². The topological polar surface area (TPSA) is 44.8 Å². The molecule has 0 saturated carbocycles. The van der Waals surface area contributed by atoms with Gasteiger partial charge in [-0.2, -0.15) is 0 Å². The van der Waals surface area contributed by atoms with E-state index in [0.717, 1.165) is 12.8 Å². The zero-order chi connectivity index (χ0) is 11.1. The molecule has 1 unspecified atom stereocenters. The molecule has 1 aliphatic rings.